The van der Waals surface area contributed by atoms with Crippen molar-refractivity contribution in [2.45, 2.75) is 4.90 Å². The van der Waals surface area contributed by atoms with Gasteiger partial charge in [0.15, 0.2) is 5.11 Å². The molecule has 0 aliphatic carbocycles. The van der Waals surface area contributed by atoms with Gasteiger partial charge >= 0.3 is 6.09 Å². The Bertz CT molecular complexity index is 554. The van der Waals surface area contributed by atoms with Crippen LogP contribution in [0, 0.1) is 10.1 Å². The minimum Gasteiger partial charge on any atom is -0.453 e. The predicted molar refractivity (Wildman–Crippen MR) is 89.1 cm³/mol. The zero-order valence-corrected chi connectivity index (χ0v) is 13.7. The average Bonchev–Trinajstić information content (AvgIpc) is 2.45. The SMILES string of the molecule is COC(=O)NC(=S)Nc1ccc(SCSC)cc1[N+](=O)[O-]. The molecule has 0 radical (unpaired) electrons. The van der Waals surface area contributed by atoms with E-state index >= 15 is 0 Å². The third kappa shape index (κ3) is 5.78. The molecule has 21 heavy (non-hydrogen) atoms. The Kier molecular flexibility index (Phi) is 7.26. The van der Waals surface area contributed by atoms with Gasteiger partial charge in [0.05, 0.1) is 12.0 Å². The van der Waals surface area contributed by atoms with Gasteiger partial charge in [-0.25, -0.2) is 4.79 Å². The Labute approximate surface area is 135 Å². The van der Waals surface area contributed by atoms with Gasteiger partial charge in [0.2, 0.25) is 0 Å². The van der Waals surface area contributed by atoms with Crippen molar-refractivity contribution in [2.24, 2.45) is 0 Å². The fourth-order valence-electron chi connectivity index (χ4n) is 1.28. The summed E-state index contributed by atoms with van der Waals surface area (Å²) in [6, 6.07) is 4.76. The fraction of sp³-hybridized carbons (Fsp3) is 0.273. The maximum atomic E-state index is 11.1. The van der Waals surface area contributed by atoms with Crippen molar-refractivity contribution < 1.29 is 14.5 Å². The van der Waals surface area contributed by atoms with E-state index in [0.29, 0.717) is 0 Å². The summed E-state index contributed by atoms with van der Waals surface area (Å²) in [7, 11) is 1.19. The minimum atomic E-state index is -0.748. The van der Waals surface area contributed by atoms with E-state index in [1.54, 1.807) is 23.9 Å². The molecule has 0 aromatic heterocycles. The number of nitrogens with one attached hydrogen (secondary N) is 2. The number of thiocarbonyl (C=S) groups is 1. The molecule has 0 aliphatic heterocycles. The first-order valence-electron chi connectivity index (χ1n) is 5.54. The summed E-state index contributed by atoms with van der Waals surface area (Å²) in [5, 5.41) is 16.7. The third-order valence-corrected chi connectivity index (χ3v) is 4.36. The maximum Gasteiger partial charge on any atom is 0.413 e. The van der Waals surface area contributed by atoms with Crippen LogP contribution in [0.5, 0.6) is 0 Å². The molecule has 7 nitrogen and oxygen atoms in total. The van der Waals surface area contributed by atoms with Crippen molar-refractivity contribution in [3.63, 3.8) is 0 Å². The number of carbonyl (C=O) groups excluding carboxylic acids is 1. The largest absolute Gasteiger partial charge is 0.453 e. The first-order chi connectivity index (χ1) is 9.97. The molecule has 114 valence electrons. The molecule has 0 spiro atoms. The van der Waals surface area contributed by atoms with Crippen LogP contribution >= 0.6 is 35.7 Å². The lowest BCUT2D eigenvalue weighted by Gasteiger charge is -2.10. The summed E-state index contributed by atoms with van der Waals surface area (Å²) >= 11 is 8.01. The topological polar surface area (TPSA) is 93.5 Å². The van der Waals surface area contributed by atoms with Crippen LogP contribution in [0.4, 0.5) is 16.2 Å². The van der Waals surface area contributed by atoms with Gasteiger partial charge in [-0.1, -0.05) is 0 Å². The number of methoxy groups -OCH3 is 1. The molecule has 1 aromatic rings. The molecular formula is C11H13N3O4S3. The first kappa shape index (κ1) is 17.5. The number of benzene rings is 1. The van der Waals surface area contributed by atoms with Crippen LogP contribution in [0.25, 0.3) is 0 Å². The van der Waals surface area contributed by atoms with Crippen molar-refractivity contribution in [2.75, 3.05) is 23.8 Å². The summed E-state index contributed by atoms with van der Waals surface area (Å²) in [5.74, 6) is 0. The average molecular weight is 347 g/mol. The van der Waals surface area contributed by atoms with Crippen molar-refractivity contribution in [3.8, 4) is 0 Å². The van der Waals surface area contributed by atoms with E-state index in [4.69, 9.17) is 12.2 Å². The van der Waals surface area contributed by atoms with Crippen molar-refractivity contribution >= 4 is 58.3 Å². The predicted octanol–water partition coefficient (Wildman–Crippen LogP) is 3.06. The van der Waals surface area contributed by atoms with Crippen LogP contribution in [0.15, 0.2) is 23.1 Å². The second kappa shape index (κ2) is 8.70. The number of nitro groups is 1. The summed E-state index contributed by atoms with van der Waals surface area (Å²) in [6.45, 7) is 0. The molecule has 1 aromatic carbocycles. The van der Waals surface area contributed by atoms with E-state index in [9.17, 15) is 14.9 Å². The number of rotatable bonds is 5. The van der Waals surface area contributed by atoms with Gasteiger partial charge in [0.1, 0.15) is 5.69 Å². The zero-order chi connectivity index (χ0) is 15.8. The highest BCUT2D eigenvalue weighted by Crippen LogP contribution is 2.31. The Balaban J connectivity index is 2.88. The highest BCUT2D eigenvalue weighted by atomic mass is 32.2. The van der Waals surface area contributed by atoms with E-state index in [0.717, 1.165) is 9.98 Å². The Morgan fingerprint density at radius 1 is 1.52 bits per heavy atom. The molecule has 0 fully saturated rings. The van der Waals surface area contributed by atoms with Gasteiger partial charge in [-0.15, -0.1) is 11.8 Å². The van der Waals surface area contributed by atoms with Crippen LogP contribution in [0.2, 0.25) is 0 Å². The Morgan fingerprint density at radius 3 is 2.81 bits per heavy atom. The highest BCUT2D eigenvalue weighted by molar-refractivity contribution is 8.15. The van der Waals surface area contributed by atoms with Crippen molar-refractivity contribution in [3.05, 3.63) is 28.3 Å². The van der Waals surface area contributed by atoms with E-state index in [2.05, 4.69) is 15.4 Å². The lowest BCUT2D eigenvalue weighted by molar-refractivity contribution is -0.384. The number of alkyl carbamates (subject to hydrolysis) is 1. The summed E-state index contributed by atoms with van der Waals surface area (Å²) in [5.41, 5.74) is 0.0880. The van der Waals surface area contributed by atoms with Gasteiger partial charge in [-0.3, -0.25) is 15.4 Å². The smallest absolute Gasteiger partial charge is 0.413 e. The van der Waals surface area contributed by atoms with Gasteiger partial charge in [0, 0.05) is 16.0 Å². The van der Waals surface area contributed by atoms with Crippen LogP contribution in [0.1, 0.15) is 0 Å². The van der Waals surface area contributed by atoms with E-state index in [1.165, 1.54) is 24.9 Å². The molecule has 0 atom stereocenters. The fourth-order valence-corrected chi connectivity index (χ4v) is 2.85. The number of anilines is 1. The normalized spacial score (nSPS) is 9.81. The van der Waals surface area contributed by atoms with E-state index in [1.807, 2.05) is 6.26 Å². The minimum absolute atomic E-state index is 0.0746. The Morgan fingerprint density at radius 2 is 2.24 bits per heavy atom. The first-order valence-corrected chi connectivity index (χ1v) is 8.32. The molecule has 0 saturated heterocycles. The van der Waals surface area contributed by atoms with Crippen LogP contribution in [-0.4, -0.2) is 34.6 Å². The molecule has 2 N–H and O–H groups in total. The summed E-state index contributed by atoms with van der Waals surface area (Å²) < 4.78 is 4.38. The monoisotopic (exact) mass is 347 g/mol. The standard InChI is InChI=1S/C11H13N3O4S3/c1-18-11(15)13-10(19)12-8-4-3-7(21-6-20-2)5-9(8)14(16)17/h3-5H,6H2,1-2H3,(H2,12,13,15,19). The summed E-state index contributed by atoms with van der Waals surface area (Å²) in [4.78, 5) is 22.4. The molecule has 0 aliphatic rings. The van der Waals surface area contributed by atoms with Crippen LogP contribution < -0.4 is 10.6 Å². The van der Waals surface area contributed by atoms with Gasteiger partial charge < -0.3 is 10.1 Å². The highest BCUT2D eigenvalue weighted by Gasteiger charge is 2.16. The zero-order valence-electron chi connectivity index (χ0n) is 11.2. The molecule has 1 rings (SSSR count). The number of ether oxygens (including phenoxy) is 1. The van der Waals surface area contributed by atoms with E-state index in [-0.39, 0.29) is 16.5 Å². The number of nitro benzene ring substituents is 1. The van der Waals surface area contributed by atoms with E-state index < -0.39 is 11.0 Å². The quantitative estimate of drug-likeness (QED) is 0.276. The molecule has 0 unspecified atom stereocenters. The molecular weight excluding hydrogens is 334 g/mol. The molecule has 10 heteroatoms. The van der Waals surface area contributed by atoms with Gasteiger partial charge in [0.25, 0.3) is 5.69 Å². The maximum absolute atomic E-state index is 11.1. The second-order valence-corrected chi connectivity index (χ2v) is 6.25. The molecule has 1 amide bonds. The van der Waals surface area contributed by atoms with Crippen LogP contribution in [0.3, 0.4) is 0 Å². The van der Waals surface area contributed by atoms with Crippen LogP contribution in [-0.2, 0) is 4.74 Å². The number of thioether (sulfide) groups is 2. The third-order valence-electron chi connectivity index (χ3n) is 2.16. The Hall–Kier alpha value is -1.52. The number of hydrogen-bond acceptors (Lipinski definition) is 7. The van der Waals surface area contributed by atoms with Crippen molar-refractivity contribution in [1.29, 1.82) is 0 Å². The number of carbonyl (C=O) groups is 1. The van der Waals surface area contributed by atoms with Crippen molar-refractivity contribution in [1.82, 2.24) is 5.32 Å². The molecule has 0 saturated carbocycles. The van der Waals surface area contributed by atoms with Gasteiger partial charge in [-0.2, -0.15) is 11.8 Å². The number of hydrogen-bond donors (Lipinski definition) is 2. The molecule has 0 heterocycles. The van der Waals surface area contributed by atoms with Gasteiger partial charge in [-0.05, 0) is 30.6 Å². The summed E-state index contributed by atoms with van der Waals surface area (Å²) in [6.07, 6.45) is 1.20. The lowest BCUT2D eigenvalue weighted by atomic mass is 10.2. The second-order valence-electron chi connectivity index (χ2n) is 3.56. The molecule has 0 bridgehead atoms. The number of nitrogens with zero attached hydrogens (tertiary/aromatic N) is 1. The number of amides is 1. The lowest BCUT2D eigenvalue weighted by Crippen LogP contribution is -2.34.